The molecule has 1 aliphatic rings. The number of aromatic nitrogens is 3. The van der Waals surface area contributed by atoms with Crippen molar-refractivity contribution in [2.45, 2.75) is 12.8 Å². The second kappa shape index (κ2) is 9.61. The number of anilines is 3. The molecular formula is C18H25N7O3S. The van der Waals surface area contributed by atoms with Gasteiger partial charge in [-0.15, -0.1) is 0 Å². The van der Waals surface area contributed by atoms with Crippen LogP contribution in [0, 0.1) is 5.92 Å². The first-order valence-electron chi connectivity index (χ1n) is 9.38. The molecule has 0 unspecified atom stereocenters. The molecule has 10 nitrogen and oxygen atoms in total. The predicted octanol–water partition coefficient (Wildman–Crippen LogP) is 0.815. The van der Waals surface area contributed by atoms with Gasteiger partial charge in [-0.1, -0.05) is 6.07 Å². The van der Waals surface area contributed by atoms with Gasteiger partial charge in [0.25, 0.3) is 0 Å². The average molecular weight is 420 g/mol. The van der Waals surface area contributed by atoms with Gasteiger partial charge < -0.3 is 16.0 Å². The summed E-state index contributed by atoms with van der Waals surface area (Å²) >= 11 is 0. The van der Waals surface area contributed by atoms with E-state index in [1.165, 1.54) is 16.9 Å². The van der Waals surface area contributed by atoms with E-state index in [0.717, 1.165) is 0 Å². The first kappa shape index (κ1) is 20.9. The van der Waals surface area contributed by atoms with E-state index >= 15 is 0 Å². The number of pyridine rings is 1. The maximum Gasteiger partial charge on any atom is 0.223 e. The van der Waals surface area contributed by atoms with Gasteiger partial charge in [-0.05, 0) is 25.0 Å². The molecule has 1 saturated heterocycles. The lowest BCUT2D eigenvalue weighted by Crippen LogP contribution is -2.43. The quantitative estimate of drug-likeness (QED) is 0.536. The molecule has 156 valence electrons. The monoisotopic (exact) mass is 419 g/mol. The van der Waals surface area contributed by atoms with Crippen molar-refractivity contribution in [3.05, 3.63) is 36.8 Å². The van der Waals surface area contributed by atoms with Crippen LogP contribution in [-0.4, -0.2) is 66.0 Å². The second-order valence-corrected chi connectivity index (χ2v) is 8.77. The van der Waals surface area contributed by atoms with E-state index in [0.29, 0.717) is 56.5 Å². The van der Waals surface area contributed by atoms with E-state index < -0.39 is 10.0 Å². The van der Waals surface area contributed by atoms with Crippen molar-refractivity contribution in [3.8, 4) is 0 Å². The molecular weight excluding hydrogens is 394 g/mol. The van der Waals surface area contributed by atoms with Crippen molar-refractivity contribution < 1.29 is 13.2 Å². The molecule has 0 aliphatic carbocycles. The van der Waals surface area contributed by atoms with Crippen LogP contribution in [0.3, 0.4) is 0 Å². The molecule has 1 aliphatic heterocycles. The van der Waals surface area contributed by atoms with Crippen LogP contribution in [0.4, 0.5) is 17.5 Å². The predicted molar refractivity (Wildman–Crippen MR) is 110 cm³/mol. The SMILES string of the molecule is CS(=O)(=O)N1CCC(C(=O)NCCNc2cc(Nc3ccccn3)ncn2)CC1. The summed E-state index contributed by atoms with van der Waals surface area (Å²) in [5, 5.41) is 9.13. The highest BCUT2D eigenvalue weighted by molar-refractivity contribution is 7.88. The maximum absolute atomic E-state index is 12.3. The summed E-state index contributed by atoms with van der Waals surface area (Å²) in [6.45, 7) is 1.73. The average Bonchev–Trinajstić information content (AvgIpc) is 2.71. The third-order valence-electron chi connectivity index (χ3n) is 4.61. The fourth-order valence-electron chi connectivity index (χ4n) is 3.06. The van der Waals surface area contributed by atoms with Crippen LogP contribution in [0.25, 0.3) is 0 Å². The Morgan fingerprint density at radius 1 is 1.10 bits per heavy atom. The molecule has 3 rings (SSSR count). The number of amides is 1. The van der Waals surface area contributed by atoms with Gasteiger partial charge in [-0.2, -0.15) is 0 Å². The largest absolute Gasteiger partial charge is 0.368 e. The Labute approximate surface area is 170 Å². The van der Waals surface area contributed by atoms with Gasteiger partial charge in [0.2, 0.25) is 15.9 Å². The number of sulfonamides is 1. The highest BCUT2D eigenvalue weighted by atomic mass is 32.2. The van der Waals surface area contributed by atoms with E-state index in [1.807, 2.05) is 18.2 Å². The second-order valence-electron chi connectivity index (χ2n) is 6.78. The van der Waals surface area contributed by atoms with Gasteiger partial charge in [-0.25, -0.2) is 27.7 Å². The van der Waals surface area contributed by atoms with Crippen molar-refractivity contribution in [2.75, 3.05) is 43.1 Å². The number of carbonyl (C=O) groups is 1. The molecule has 3 heterocycles. The van der Waals surface area contributed by atoms with E-state index in [9.17, 15) is 13.2 Å². The Morgan fingerprint density at radius 3 is 2.55 bits per heavy atom. The molecule has 0 saturated carbocycles. The van der Waals surface area contributed by atoms with Gasteiger partial charge in [0.05, 0.1) is 6.26 Å². The smallest absolute Gasteiger partial charge is 0.223 e. The minimum Gasteiger partial charge on any atom is -0.368 e. The third-order valence-corrected chi connectivity index (χ3v) is 5.92. The molecule has 0 aromatic carbocycles. The summed E-state index contributed by atoms with van der Waals surface area (Å²) in [4.78, 5) is 24.8. The van der Waals surface area contributed by atoms with Crippen LogP contribution in [0.5, 0.6) is 0 Å². The molecule has 0 spiro atoms. The normalized spacial score (nSPS) is 15.6. The lowest BCUT2D eigenvalue weighted by Gasteiger charge is -2.29. The van der Waals surface area contributed by atoms with Crippen molar-refractivity contribution in [3.63, 3.8) is 0 Å². The first-order chi connectivity index (χ1) is 13.9. The van der Waals surface area contributed by atoms with E-state index in [-0.39, 0.29) is 11.8 Å². The van der Waals surface area contributed by atoms with Gasteiger partial charge in [0.1, 0.15) is 23.8 Å². The number of hydrogen-bond donors (Lipinski definition) is 3. The maximum atomic E-state index is 12.3. The molecule has 0 radical (unpaired) electrons. The summed E-state index contributed by atoms with van der Waals surface area (Å²) in [7, 11) is -3.18. The summed E-state index contributed by atoms with van der Waals surface area (Å²) in [5.74, 6) is 1.74. The standard InChI is InChI=1S/C18H25N7O3S/c1-29(27,28)25-10-5-14(6-11-25)18(26)21-9-8-20-16-12-17(23-13-22-16)24-15-4-2-3-7-19-15/h2-4,7,12-14H,5-6,8-11H2,1H3,(H,21,26)(H2,19,20,22,23,24). The molecule has 0 bridgehead atoms. The highest BCUT2D eigenvalue weighted by Crippen LogP contribution is 2.19. The Bertz CT molecular complexity index is 916. The molecule has 2 aromatic rings. The van der Waals surface area contributed by atoms with Crippen molar-refractivity contribution in [1.29, 1.82) is 0 Å². The number of nitrogens with zero attached hydrogens (tertiary/aromatic N) is 4. The molecule has 0 atom stereocenters. The Balaban J connectivity index is 1.39. The zero-order valence-electron chi connectivity index (χ0n) is 16.2. The minimum atomic E-state index is -3.18. The topological polar surface area (TPSA) is 129 Å². The summed E-state index contributed by atoms with van der Waals surface area (Å²) in [5.41, 5.74) is 0. The lowest BCUT2D eigenvalue weighted by molar-refractivity contribution is -0.126. The molecule has 11 heteroatoms. The molecule has 2 aromatic heterocycles. The fraction of sp³-hybridized carbons (Fsp3) is 0.444. The van der Waals surface area contributed by atoms with Crippen LogP contribution >= 0.6 is 0 Å². The van der Waals surface area contributed by atoms with E-state index in [2.05, 4.69) is 30.9 Å². The molecule has 3 N–H and O–H groups in total. The van der Waals surface area contributed by atoms with Crippen molar-refractivity contribution in [1.82, 2.24) is 24.6 Å². The third kappa shape index (κ3) is 6.36. The molecule has 1 amide bonds. The zero-order valence-corrected chi connectivity index (χ0v) is 17.0. The number of piperidine rings is 1. The van der Waals surface area contributed by atoms with E-state index in [4.69, 9.17) is 0 Å². The summed E-state index contributed by atoms with van der Waals surface area (Å²) < 4.78 is 24.5. The Kier molecular flexibility index (Phi) is 6.94. The van der Waals surface area contributed by atoms with Gasteiger partial charge in [0, 0.05) is 44.4 Å². The number of rotatable bonds is 8. The summed E-state index contributed by atoms with van der Waals surface area (Å²) in [6.07, 6.45) is 5.42. The van der Waals surface area contributed by atoms with Crippen LogP contribution < -0.4 is 16.0 Å². The van der Waals surface area contributed by atoms with Gasteiger partial charge >= 0.3 is 0 Å². The number of hydrogen-bond acceptors (Lipinski definition) is 8. The van der Waals surface area contributed by atoms with Crippen LogP contribution in [0.1, 0.15) is 12.8 Å². The van der Waals surface area contributed by atoms with Crippen LogP contribution in [0.15, 0.2) is 36.8 Å². The zero-order chi connectivity index (χ0) is 20.7. The van der Waals surface area contributed by atoms with Crippen molar-refractivity contribution >= 4 is 33.4 Å². The number of carbonyl (C=O) groups excluding carboxylic acids is 1. The van der Waals surface area contributed by atoms with Gasteiger partial charge in [0.15, 0.2) is 0 Å². The van der Waals surface area contributed by atoms with E-state index in [1.54, 1.807) is 12.3 Å². The Hall–Kier alpha value is -2.79. The number of nitrogens with one attached hydrogen (secondary N) is 3. The van der Waals surface area contributed by atoms with Crippen molar-refractivity contribution in [2.24, 2.45) is 5.92 Å². The molecule has 1 fully saturated rings. The van der Waals surface area contributed by atoms with Gasteiger partial charge in [-0.3, -0.25) is 4.79 Å². The van der Waals surface area contributed by atoms with Crippen LogP contribution in [-0.2, 0) is 14.8 Å². The lowest BCUT2D eigenvalue weighted by atomic mass is 9.97. The highest BCUT2D eigenvalue weighted by Gasteiger charge is 2.28. The minimum absolute atomic E-state index is 0.0415. The first-order valence-corrected chi connectivity index (χ1v) is 11.2. The fourth-order valence-corrected chi connectivity index (χ4v) is 3.93. The Morgan fingerprint density at radius 2 is 1.86 bits per heavy atom. The van der Waals surface area contributed by atoms with Crippen LogP contribution in [0.2, 0.25) is 0 Å². The summed E-state index contributed by atoms with van der Waals surface area (Å²) in [6, 6.07) is 7.31. The molecule has 29 heavy (non-hydrogen) atoms.